The summed E-state index contributed by atoms with van der Waals surface area (Å²) in [6, 6.07) is 7.43. The molecule has 1 saturated heterocycles. The summed E-state index contributed by atoms with van der Waals surface area (Å²) >= 11 is 0. The summed E-state index contributed by atoms with van der Waals surface area (Å²) in [7, 11) is 0. The van der Waals surface area contributed by atoms with E-state index in [0.717, 1.165) is 26.2 Å². The van der Waals surface area contributed by atoms with Gasteiger partial charge in [0.05, 0.1) is 12.3 Å². The van der Waals surface area contributed by atoms with Crippen LogP contribution in [-0.4, -0.2) is 36.2 Å². The summed E-state index contributed by atoms with van der Waals surface area (Å²) in [5.41, 5.74) is 0.543. The van der Waals surface area contributed by atoms with Crippen LogP contribution < -0.4 is 5.32 Å². The number of phenols is 1. The fourth-order valence-corrected chi connectivity index (χ4v) is 2.66. The van der Waals surface area contributed by atoms with E-state index < -0.39 is 0 Å². The number of aromatic hydroxyl groups is 1. The molecule has 0 spiro atoms. The molecule has 1 fully saturated rings. The first-order valence-electron chi connectivity index (χ1n) is 6.72. The van der Waals surface area contributed by atoms with Crippen LogP contribution in [0.3, 0.4) is 0 Å². The van der Waals surface area contributed by atoms with Crippen molar-refractivity contribution in [3.8, 4) is 5.75 Å². The minimum Gasteiger partial charge on any atom is -0.508 e. The van der Waals surface area contributed by atoms with Crippen molar-refractivity contribution in [1.29, 1.82) is 0 Å². The first-order valence-corrected chi connectivity index (χ1v) is 6.72. The summed E-state index contributed by atoms with van der Waals surface area (Å²) < 4.78 is 19.0. The number of halogens is 2. The van der Waals surface area contributed by atoms with Crippen molar-refractivity contribution >= 4 is 12.4 Å². The summed E-state index contributed by atoms with van der Waals surface area (Å²) in [5, 5.41) is 13.4. The van der Waals surface area contributed by atoms with Gasteiger partial charge in [-0.3, -0.25) is 4.90 Å². The third kappa shape index (κ3) is 3.37. The monoisotopic (exact) mass is 312 g/mol. The molecular formula is C15H18ClFN2O2. The van der Waals surface area contributed by atoms with Crippen LogP contribution in [0.2, 0.25) is 0 Å². The molecule has 0 bridgehead atoms. The summed E-state index contributed by atoms with van der Waals surface area (Å²) in [5.74, 6) is 0.448. The van der Waals surface area contributed by atoms with Crippen molar-refractivity contribution < 1.29 is 13.9 Å². The van der Waals surface area contributed by atoms with Crippen molar-refractivity contribution in [2.45, 2.75) is 6.04 Å². The highest BCUT2D eigenvalue weighted by molar-refractivity contribution is 5.85. The largest absolute Gasteiger partial charge is 0.508 e. The maximum Gasteiger partial charge on any atom is 0.125 e. The number of benzene rings is 1. The van der Waals surface area contributed by atoms with Gasteiger partial charge >= 0.3 is 0 Å². The average Bonchev–Trinajstić information content (AvgIpc) is 2.98. The molecule has 4 nitrogen and oxygen atoms in total. The zero-order valence-electron chi connectivity index (χ0n) is 11.5. The minimum absolute atomic E-state index is 0. The highest BCUT2D eigenvalue weighted by atomic mass is 35.5. The van der Waals surface area contributed by atoms with E-state index in [1.165, 1.54) is 18.2 Å². The maximum atomic E-state index is 13.5. The van der Waals surface area contributed by atoms with Gasteiger partial charge in [0.15, 0.2) is 0 Å². The Bertz CT molecular complexity index is 571. The molecule has 114 valence electrons. The molecule has 1 atom stereocenters. The van der Waals surface area contributed by atoms with Crippen molar-refractivity contribution in [2.75, 3.05) is 26.2 Å². The number of nitrogens with zero attached hydrogens (tertiary/aromatic N) is 1. The molecule has 0 unspecified atom stereocenters. The number of nitrogens with one attached hydrogen (secondary N) is 1. The number of piperazine rings is 1. The van der Waals surface area contributed by atoms with E-state index in [0.29, 0.717) is 11.3 Å². The van der Waals surface area contributed by atoms with E-state index >= 15 is 0 Å². The van der Waals surface area contributed by atoms with E-state index in [9.17, 15) is 9.50 Å². The Labute approximate surface area is 129 Å². The third-order valence-corrected chi connectivity index (χ3v) is 3.61. The third-order valence-electron chi connectivity index (χ3n) is 3.61. The molecule has 21 heavy (non-hydrogen) atoms. The number of hydrogen-bond acceptors (Lipinski definition) is 4. The van der Waals surface area contributed by atoms with Gasteiger partial charge in [-0.2, -0.15) is 0 Å². The fraction of sp³-hybridized carbons (Fsp3) is 0.333. The van der Waals surface area contributed by atoms with Crippen molar-refractivity contribution in [2.24, 2.45) is 0 Å². The van der Waals surface area contributed by atoms with Crippen LogP contribution >= 0.6 is 12.4 Å². The first kappa shape index (κ1) is 15.8. The Morgan fingerprint density at radius 2 is 2.00 bits per heavy atom. The number of phenolic OH excluding ortho intramolecular Hbond substituents is 1. The van der Waals surface area contributed by atoms with Gasteiger partial charge in [-0.15, -0.1) is 12.4 Å². The quantitative estimate of drug-likeness (QED) is 0.914. The van der Waals surface area contributed by atoms with E-state index in [4.69, 9.17) is 4.42 Å². The van der Waals surface area contributed by atoms with Gasteiger partial charge in [0.25, 0.3) is 0 Å². The van der Waals surface area contributed by atoms with Crippen LogP contribution in [-0.2, 0) is 0 Å². The summed E-state index contributed by atoms with van der Waals surface area (Å²) in [4.78, 5) is 2.18. The predicted molar refractivity (Wildman–Crippen MR) is 80.3 cm³/mol. The van der Waals surface area contributed by atoms with Gasteiger partial charge in [0.1, 0.15) is 17.3 Å². The molecular weight excluding hydrogens is 295 g/mol. The first-order chi connectivity index (χ1) is 9.75. The van der Waals surface area contributed by atoms with Crippen molar-refractivity contribution in [3.05, 3.63) is 53.7 Å². The van der Waals surface area contributed by atoms with Gasteiger partial charge in [0, 0.05) is 31.7 Å². The zero-order valence-corrected chi connectivity index (χ0v) is 12.3. The molecule has 1 aromatic carbocycles. The number of hydrogen-bond donors (Lipinski definition) is 2. The molecule has 2 N–H and O–H groups in total. The Kier molecular flexibility index (Phi) is 5.22. The highest BCUT2D eigenvalue weighted by Crippen LogP contribution is 2.35. The lowest BCUT2D eigenvalue weighted by Crippen LogP contribution is -2.45. The summed E-state index contributed by atoms with van der Waals surface area (Å²) in [6.45, 7) is 3.38. The lowest BCUT2D eigenvalue weighted by atomic mass is 10.0. The van der Waals surface area contributed by atoms with E-state index in [2.05, 4.69) is 10.2 Å². The van der Waals surface area contributed by atoms with Gasteiger partial charge in [-0.25, -0.2) is 4.39 Å². The van der Waals surface area contributed by atoms with E-state index in [1.807, 2.05) is 6.07 Å². The van der Waals surface area contributed by atoms with E-state index in [1.54, 1.807) is 12.3 Å². The molecule has 1 aliphatic rings. The normalized spacial score (nSPS) is 17.2. The fourth-order valence-electron chi connectivity index (χ4n) is 2.66. The van der Waals surface area contributed by atoms with Gasteiger partial charge < -0.3 is 14.8 Å². The SMILES string of the molecule is Cl.Oc1ccc(F)cc1[C@H](c1ccco1)N1CCNCC1. The average molecular weight is 313 g/mol. The second kappa shape index (κ2) is 6.93. The summed E-state index contributed by atoms with van der Waals surface area (Å²) in [6.07, 6.45) is 1.60. The Hall–Kier alpha value is -1.56. The van der Waals surface area contributed by atoms with Crippen molar-refractivity contribution in [3.63, 3.8) is 0 Å². The predicted octanol–water partition coefficient (Wildman–Crippen LogP) is 2.54. The van der Waals surface area contributed by atoms with Crippen molar-refractivity contribution in [1.82, 2.24) is 10.2 Å². The Balaban J connectivity index is 0.00000161. The van der Waals surface area contributed by atoms with Crippen LogP contribution in [0.5, 0.6) is 5.75 Å². The minimum atomic E-state index is -0.357. The van der Waals surface area contributed by atoms with Gasteiger partial charge in [-0.05, 0) is 30.3 Å². The van der Waals surface area contributed by atoms with Gasteiger partial charge in [-0.1, -0.05) is 0 Å². The molecule has 0 radical (unpaired) electrons. The lowest BCUT2D eigenvalue weighted by Gasteiger charge is -2.34. The maximum absolute atomic E-state index is 13.5. The van der Waals surface area contributed by atoms with Crippen LogP contribution in [0.15, 0.2) is 41.0 Å². The second-order valence-corrected chi connectivity index (χ2v) is 4.91. The lowest BCUT2D eigenvalue weighted by molar-refractivity contribution is 0.177. The molecule has 2 heterocycles. The topological polar surface area (TPSA) is 48.6 Å². The smallest absolute Gasteiger partial charge is 0.125 e. The molecule has 0 aliphatic carbocycles. The number of furan rings is 1. The van der Waals surface area contributed by atoms with Crippen LogP contribution in [0.1, 0.15) is 17.4 Å². The molecule has 1 aromatic heterocycles. The Morgan fingerprint density at radius 3 is 2.67 bits per heavy atom. The number of rotatable bonds is 3. The Morgan fingerprint density at radius 1 is 1.24 bits per heavy atom. The zero-order chi connectivity index (χ0) is 13.9. The standard InChI is InChI=1S/C15H17FN2O2.ClH/c16-11-3-4-13(19)12(10-11)15(14-2-1-9-20-14)18-7-5-17-6-8-18;/h1-4,9-10,15,17,19H,5-8H2;1H/t15-;/m1./s1. The molecule has 0 amide bonds. The van der Waals surface area contributed by atoms with E-state index in [-0.39, 0.29) is 30.0 Å². The second-order valence-electron chi connectivity index (χ2n) is 4.91. The molecule has 6 heteroatoms. The van der Waals surface area contributed by atoms with Gasteiger partial charge in [0.2, 0.25) is 0 Å². The molecule has 0 saturated carbocycles. The van der Waals surface area contributed by atoms with Crippen LogP contribution in [0.4, 0.5) is 4.39 Å². The van der Waals surface area contributed by atoms with Crippen LogP contribution in [0, 0.1) is 5.82 Å². The molecule has 2 aromatic rings. The highest BCUT2D eigenvalue weighted by Gasteiger charge is 2.28. The van der Waals surface area contributed by atoms with Crippen LogP contribution in [0.25, 0.3) is 0 Å². The molecule has 3 rings (SSSR count). The molecule has 1 aliphatic heterocycles.